The normalized spacial score (nSPS) is 11.9. The molecule has 0 radical (unpaired) electrons. The summed E-state index contributed by atoms with van der Waals surface area (Å²) in [7, 11) is 1.72. The fourth-order valence-corrected chi connectivity index (χ4v) is 5.36. The average Bonchev–Trinajstić information content (AvgIpc) is 2.81. The first kappa shape index (κ1) is 26.3. The highest BCUT2D eigenvalue weighted by Gasteiger charge is 2.22. The van der Waals surface area contributed by atoms with Crippen molar-refractivity contribution in [3.8, 4) is 0 Å². The van der Waals surface area contributed by atoms with Crippen molar-refractivity contribution in [2.45, 2.75) is 49.9 Å². The maximum Gasteiger partial charge on any atom is 0.257 e. The number of thioether (sulfide) groups is 1. The highest BCUT2D eigenvalue weighted by molar-refractivity contribution is 8.00. The lowest BCUT2D eigenvalue weighted by Gasteiger charge is -2.18. The van der Waals surface area contributed by atoms with Gasteiger partial charge in [0.05, 0.1) is 5.25 Å². The van der Waals surface area contributed by atoms with Gasteiger partial charge in [-0.1, -0.05) is 84.7 Å². The molecule has 1 N–H and O–H groups in total. The summed E-state index contributed by atoms with van der Waals surface area (Å²) in [4.78, 5) is 30.7. The second kappa shape index (κ2) is 12.4. The summed E-state index contributed by atoms with van der Waals surface area (Å²) in [6.45, 7) is 4.35. The molecular weight excluding hydrogens is 489 g/mol. The number of aromatic nitrogens is 2. The van der Waals surface area contributed by atoms with E-state index >= 15 is 0 Å². The van der Waals surface area contributed by atoms with Crippen molar-refractivity contribution >= 4 is 40.9 Å². The van der Waals surface area contributed by atoms with Crippen LogP contribution in [0.3, 0.4) is 0 Å². The first-order chi connectivity index (χ1) is 16.3. The predicted molar refractivity (Wildman–Crippen MR) is 141 cm³/mol. The zero-order chi connectivity index (χ0) is 24.7. The number of hydrogen-bond donors (Lipinski definition) is 1. The summed E-state index contributed by atoms with van der Waals surface area (Å²) in [5.74, 6) is -0.0720. The van der Waals surface area contributed by atoms with Gasteiger partial charge in [-0.25, -0.2) is 4.98 Å². The van der Waals surface area contributed by atoms with Gasteiger partial charge in [0, 0.05) is 41.3 Å². The largest absolute Gasteiger partial charge is 0.355 e. The first-order valence-corrected chi connectivity index (χ1v) is 12.9. The number of amides is 1. The van der Waals surface area contributed by atoms with Crippen LogP contribution >= 0.6 is 35.0 Å². The van der Waals surface area contributed by atoms with Gasteiger partial charge in [0.2, 0.25) is 5.91 Å². The number of benzene rings is 2. The molecule has 1 aromatic heterocycles. The fraction of sp³-hybridized carbons (Fsp3) is 0.346. The number of nitrogens with zero attached hydrogens (tertiary/aromatic N) is 2. The van der Waals surface area contributed by atoms with Crippen molar-refractivity contribution in [1.82, 2.24) is 14.9 Å². The third kappa shape index (κ3) is 6.87. The first-order valence-electron chi connectivity index (χ1n) is 11.3. The Morgan fingerprint density at radius 3 is 2.59 bits per heavy atom. The van der Waals surface area contributed by atoms with Gasteiger partial charge in [0.25, 0.3) is 5.56 Å². The predicted octanol–water partition coefficient (Wildman–Crippen LogP) is 5.61. The lowest BCUT2D eigenvalue weighted by molar-refractivity contribution is -0.120. The van der Waals surface area contributed by atoms with E-state index in [0.29, 0.717) is 52.3 Å². The number of hydrogen-bond acceptors (Lipinski definition) is 4. The number of nitrogens with one attached hydrogen (secondary N) is 1. The molecule has 0 saturated heterocycles. The minimum Gasteiger partial charge on any atom is -0.355 e. The molecule has 1 amide bonds. The van der Waals surface area contributed by atoms with Crippen LogP contribution in [0.2, 0.25) is 10.0 Å². The van der Waals surface area contributed by atoms with Gasteiger partial charge >= 0.3 is 0 Å². The maximum atomic E-state index is 13.1. The van der Waals surface area contributed by atoms with Crippen LogP contribution in [0.5, 0.6) is 0 Å². The van der Waals surface area contributed by atoms with Crippen molar-refractivity contribution in [1.29, 1.82) is 0 Å². The molecule has 1 heterocycles. The number of aryl methyl sites for hydroxylation is 1. The number of carbonyl (C=O) groups is 1. The molecule has 5 nitrogen and oxygen atoms in total. The molecule has 0 fully saturated rings. The molecule has 3 rings (SSSR count). The highest BCUT2D eigenvalue weighted by atomic mass is 35.5. The quantitative estimate of drug-likeness (QED) is 0.280. The SMILES string of the molecule is CCCC(Sc1nc(C)c(Cc2ccccc2)c(=O)n1C)C(=O)NCCc1ccc(Cl)cc1Cl. The van der Waals surface area contributed by atoms with Crippen LogP contribution in [-0.2, 0) is 24.7 Å². The monoisotopic (exact) mass is 517 g/mol. The van der Waals surface area contributed by atoms with Crippen molar-refractivity contribution in [2.75, 3.05) is 6.54 Å². The van der Waals surface area contributed by atoms with Crippen LogP contribution in [0.25, 0.3) is 0 Å². The molecule has 1 unspecified atom stereocenters. The molecule has 3 aromatic rings. The molecule has 8 heteroatoms. The van der Waals surface area contributed by atoms with Gasteiger partial charge in [-0.3, -0.25) is 14.2 Å². The number of rotatable bonds is 10. The minimum atomic E-state index is -0.344. The van der Waals surface area contributed by atoms with Crippen molar-refractivity contribution in [3.63, 3.8) is 0 Å². The topological polar surface area (TPSA) is 64.0 Å². The van der Waals surface area contributed by atoms with Crippen molar-refractivity contribution < 1.29 is 4.79 Å². The summed E-state index contributed by atoms with van der Waals surface area (Å²) >= 11 is 13.5. The summed E-state index contributed by atoms with van der Waals surface area (Å²) in [5, 5.41) is 4.38. The molecule has 0 aliphatic carbocycles. The maximum absolute atomic E-state index is 13.1. The Hall–Kier alpha value is -2.28. The standard InChI is InChI=1S/C26H29Cl2N3O2S/c1-4-8-23(24(32)29-14-13-19-11-12-20(27)16-22(19)28)34-26-30-17(2)21(25(33)31(26)3)15-18-9-6-5-7-10-18/h5-7,9-12,16,23H,4,8,13-15H2,1-3H3,(H,29,32). The van der Waals surface area contributed by atoms with Crippen molar-refractivity contribution in [3.05, 3.63) is 91.3 Å². The average molecular weight is 519 g/mol. The van der Waals surface area contributed by atoms with Crippen LogP contribution in [0, 0.1) is 6.92 Å². The third-order valence-electron chi connectivity index (χ3n) is 5.57. The molecule has 2 aromatic carbocycles. The van der Waals surface area contributed by atoms with Crippen LogP contribution < -0.4 is 10.9 Å². The van der Waals surface area contributed by atoms with Gasteiger partial charge in [-0.2, -0.15) is 0 Å². The highest BCUT2D eigenvalue weighted by Crippen LogP contribution is 2.25. The molecule has 180 valence electrons. The molecule has 0 bridgehead atoms. The smallest absolute Gasteiger partial charge is 0.257 e. The zero-order valence-corrected chi connectivity index (χ0v) is 21.9. The van der Waals surface area contributed by atoms with Crippen LogP contribution in [-0.4, -0.2) is 27.3 Å². The Balaban J connectivity index is 1.70. The lowest BCUT2D eigenvalue weighted by atomic mass is 10.1. The van der Waals surface area contributed by atoms with Gasteiger partial charge in [-0.15, -0.1) is 0 Å². The molecule has 0 saturated carbocycles. The Morgan fingerprint density at radius 2 is 1.91 bits per heavy atom. The lowest BCUT2D eigenvalue weighted by Crippen LogP contribution is -2.35. The fourth-order valence-electron chi connectivity index (χ4n) is 3.63. The van der Waals surface area contributed by atoms with Crippen LogP contribution in [0.4, 0.5) is 0 Å². The summed E-state index contributed by atoms with van der Waals surface area (Å²) < 4.78 is 1.55. The molecule has 0 spiro atoms. The Morgan fingerprint density at radius 1 is 1.18 bits per heavy atom. The van der Waals surface area contributed by atoms with E-state index in [1.807, 2.05) is 50.2 Å². The van der Waals surface area contributed by atoms with Gasteiger partial charge in [0.15, 0.2) is 5.16 Å². The zero-order valence-electron chi connectivity index (χ0n) is 19.6. The molecule has 34 heavy (non-hydrogen) atoms. The van der Waals surface area contributed by atoms with Gasteiger partial charge in [0.1, 0.15) is 0 Å². The second-order valence-corrected chi connectivity index (χ2v) is 10.2. The van der Waals surface area contributed by atoms with Crippen LogP contribution in [0.1, 0.15) is 42.1 Å². The molecule has 0 aliphatic heterocycles. The summed E-state index contributed by atoms with van der Waals surface area (Å²) in [6.07, 6.45) is 2.66. The summed E-state index contributed by atoms with van der Waals surface area (Å²) in [6, 6.07) is 15.2. The third-order valence-corrected chi connectivity index (χ3v) is 7.47. The minimum absolute atomic E-state index is 0.0720. The van der Waals surface area contributed by atoms with E-state index in [0.717, 1.165) is 17.5 Å². The van der Waals surface area contributed by atoms with E-state index in [2.05, 4.69) is 5.32 Å². The summed E-state index contributed by atoms with van der Waals surface area (Å²) in [5.41, 5.74) is 3.29. The Kier molecular flexibility index (Phi) is 9.63. The number of halogens is 2. The van der Waals surface area contributed by atoms with Crippen LogP contribution in [0.15, 0.2) is 58.5 Å². The van der Waals surface area contributed by atoms with Crippen molar-refractivity contribution in [2.24, 2.45) is 7.05 Å². The molecule has 1 atom stereocenters. The number of carbonyl (C=O) groups excluding carboxylic acids is 1. The second-order valence-electron chi connectivity index (χ2n) is 8.16. The molecular formula is C26H29Cl2N3O2S. The van der Waals surface area contributed by atoms with E-state index in [9.17, 15) is 9.59 Å². The Bertz CT molecular complexity index is 1200. The van der Waals surface area contributed by atoms with E-state index < -0.39 is 0 Å². The van der Waals surface area contributed by atoms with E-state index in [4.69, 9.17) is 28.2 Å². The van der Waals surface area contributed by atoms with E-state index in [-0.39, 0.29) is 16.7 Å². The van der Waals surface area contributed by atoms with E-state index in [1.54, 1.807) is 23.7 Å². The van der Waals surface area contributed by atoms with Gasteiger partial charge in [-0.05, 0) is 43.0 Å². The van der Waals surface area contributed by atoms with Gasteiger partial charge < -0.3 is 5.32 Å². The van der Waals surface area contributed by atoms with E-state index in [1.165, 1.54) is 11.8 Å². The molecule has 0 aliphatic rings. The Labute approximate surface area is 214 Å².